The van der Waals surface area contributed by atoms with Gasteiger partial charge in [-0.2, -0.15) is 0 Å². The fourth-order valence-electron chi connectivity index (χ4n) is 2.02. The van der Waals surface area contributed by atoms with E-state index in [9.17, 15) is 0 Å². The van der Waals surface area contributed by atoms with Crippen molar-refractivity contribution in [2.75, 3.05) is 7.05 Å². The van der Waals surface area contributed by atoms with E-state index < -0.39 is 0 Å². The molecule has 1 aromatic heterocycles. The first kappa shape index (κ1) is 14.7. The molecule has 1 N–H and O–H groups in total. The van der Waals surface area contributed by atoms with Gasteiger partial charge in [0.1, 0.15) is 18.1 Å². The van der Waals surface area contributed by atoms with E-state index in [0.29, 0.717) is 13.2 Å². The van der Waals surface area contributed by atoms with Crippen LogP contribution in [0.3, 0.4) is 0 Å². The number of furan rings is 1. The SMILES string of the molecule is CNCc1occc1COc1ccc(C(C)(C)C)cc1. The van der Waals surface area contributed by atoms with Gasteiger partial charge in [-0.05, 0) is 36.2 Å². The predicted molar refractivity (Wildman–Crippen MR) is 80.9 cm³/mol. The van der Waals surface area contributed by atoms with Crippen LogP contribution in [0.15, 0.2) is 41.0 Å². The molecule has 0 aliphatic heterocycles. The average molecular weight is 273 g/mol. The van der Waals surface area contributed by atoms with Crippen molar-refractivity contribution in [3.8, 4) is 5.75 Å². The Morgan fingerprint density at radius 1 is 1.10 bits per heavy atom. The Balaban J connectivity index is 1.99. The van der Waals surface area contributed by atoms with Crippen LogP contribution in [0, 0.1) is 0 Å². The molecule has 3 heteroatoms. The smallest absolute Gasteiger partial charge is 0.124 e. The molecule has 0 aliphatic carbocycles. The second-order valence-electron chi connectivity index (χ2n) is 5.96. The third kappa shape index (κ3) is 3.64. The fourth-order valence-corrected chi connectivity index (χ4v) is 2.02. The van der Waals surface area contributed by atoms with Crippen molar-refractivity contribution in [3.05, 3.63) is 53.5 Å². The molecule has 0 radical (unpaired) electrons. The molecular formula is C17H23NO2. The van der Waals surface area contributed by atoms with Crippen LogP contribution in [-0.2, 0) is 18.6 Å². The Hall–Kier alpha value is -1.74. The maximum Gasteiger partial charge on any atom is 0.124 e. The summed E-state index contributed by atoms with van der Waals surface area (Å²) in [5, 5.41) is 3.08. The van der Waals surface area contributed by atoms with Gasteiger partial charge >= 0.3 is 0 Å². The van der Waals surface area contributed by atoms with Crippen molar-refractivity contribution in [1.82, 2.24) is 5.32 Å². The quantitative estimate of drug-likeness (QED) is 0.898. The van der Waals surface area contributed by atoms with E-state index in [1.165, 1.54) is 5.56 Å². The van der Waals surface area contributed by atoms with E-state index in [4.69, 9.17) is 9.15 Å². The van der Waals surface area contributed by atoms with E-state index in [-0.39, 0.29) is 5.41 Å². The molecule has 0 atom stereocenters. The third-order valence-electron chi connectivity index (χ3n) is 3.29. The van der Waals surface area contributed by atoms with Gasteiger partial charge in [0.15, 0.2) is 0 Å². The van der Waals surface area contributed by atoms with Gasteiger partial charge in [0.2, 0.25) is 0 Å². The molecule has 0 bridgehead atoms. The minimum absolute atomic E-state index is 0.170. The van der Waals surface area contributed by atoms with Gasteiger partial charge in [0.25, 0.3) is 0 Å². The third-order valence-corrected chi connectivity index (χ3v) is 3.29. The number of benzene rings is 1. The van der Waals surface area contributed by atoms with Crippen LogP contribution in [0.25, 0.3) is 0 Å². The maximum absolute atomic E-state index is 5.82. The zero-order valence-electron chi connectivity index (χ0n) is 12.7. The van der Waals surface area contributed by atoms with Gasteiger partial charge in [-0.3, -0.25) is 0 Å². The van der Waals surface area contributed by atoms with Crippen molar-refractivity contribution < 1.29 is 9.15 Å². The highest BCUT2D eigenvalue weighted by Gasteiger charge is 2.13. The largest absolute Gasteiger partial charge is 0.489 e. The van der Waals surface area contributed by atoms with Gasteiger partial charge in [-0.15, -0.1) is 0 Å². The molecule has 0 fully saturated rings. The Labute approximate surface area is 121 Å². The molecule has 0 spiro atoms. The second kappa shape index (κ2) is 6.14. The van der Waals surface area contributed by atoms with Crippen molar-refractivity contribution >= 4 is 0 Å². The highest BCUT2D eigenvalue weighted by molar-refractivity contribution is 5.31. The molecule has 108 valence electrons. The van der Waals surface area contributed by atoms with Crippen molar-refractivity contribution in [2.24, 2.45) is 0 Å². The van der Waals surface area contributed by atoms with Crippen LogP contribution in [0.1, 0.15) is 37.7 Å². The van der Waals surface area contributed by atoms with Gasteiger partial charge in [-0.25, -0.2) is 0 Å². The zero-order valence-corrected chi connectivity index (χ0v) is 12.7. The fraction of sp³-hybridized carbons (Fsp3) is 0.412. The normalized spacial score (nSPS) is 11.6. The van der Waals surface area contributed by atoms with E-state index in [2.05, 4.69) is 38.2 Å². The average Bonchev–Trinajstić information content (AvgIpc) is 2.84. The summed E-state index contributed by atoms with van der Waals surface area (Å²) in [5.41, 5.74) is 2.56. The Bertz CT molecular complexity index is 535. The zero-order chi connectivity index (χ0) is 14.6. The van der Waals surface area contributed by atoms with Crippen LogP contribution in [0.5, 0.6) is 5.75 Å². The van der Waals surface area contributed by atoms with E-state index >= 15 is 0 Å². The molecule has 20 heavy (non-hydrogen) atoms. The lowest BCUT2D eigenvalue weighted by Gasteiger charge is -2.19. The van der Waals surface area contributed by atoms with E-state index in [1.54, 1.807) is 6.26 Å². The van der Waals surface area contributed by atoms with Crippen LogP contribution in [0.2, 0.25) is 0 Å². The van der Waals surface area contributed by atoms with Gasteiger partial charge in [0.05, 0.1) is 12.8 Å². The van der Waals surface area contributed by atoms with Crippen molar-refractivity contribution in [3.63, 3.8) is 0 Å². The molecule has 2 rings (SSSR count). The van der Waals surface area contributed by atoms with Crippen LogP contribution < -0.4 is 10.1 Å². The van der Waals surface area contributed by atoms with Crippen LogP contribution in [-0.4, -0.2) is 7.05 Å². The van der Waals surface area contributed by atoms with Crippen molar-refractivity contribution in [2.45, 2.75) is 39.3 Å². The summed E-state index contributed by atoms with van der Waals surface area (Å²) in [4.78, 5) is 0. The highest BCUT2D eigenvalue weighted by Crippen LogP contribution is 2.24. The lowest BCUT2D eigenvalue weighted by Crippen LogP contribution is -2.10. The number of ether oxygens (including phenoxy) is 1. The first-order valence-electron chi connectivity index (χ1n) is 6.94. The minimum Gasteiger partial charge on any atom is -0.489 e. The summed E-state index contributed by atoms with van der Waals surface area (Å²) >= 11 is 0. The Morgan fingerprint density at radius 3 is 2.40 bits per heavy atom. The summed E-state index contributed by atoms with van der Waals surface area (Å²) in [6, 6.07) is 10.3. The molecule has 1 heterocycles. The van der Waals surface area contributed by atoms with Gasteiger partial charge < -0.3 is 14.5 Å². The molecule has 3 nitrogen and oxygen atoms in total. The summed E-state index contributed by atoms with van der Waals surface area (Å²) in [6.07, 6.45) is 1.70. The molecule has 0 unspecified atom stereocenters. The van der Waals surface area contributed by atoms with Crippen LogP contribution in [0.4, 0.5) is 0 Å². The van der Waals surface area contributed by atoms with E-state index in [0.717, 1.165) is 17.1 Å². The first-order valence-corrected chi connectivity index (χ1v) is 6.94. The summed E-state index contributed by atoms with van der Waals surface area (Å²) in [5.74, 6) is 1.81. The molecule has 0 aliphatic rings. The van der Waals surface area contributed by atoms with Gasteiger partial charge in [-0.1, -0.05) is 32.9 Å². The second-order valence-corrected chi connectivity index (χ2v) is 5.96. The number of hydrogen-bond acceptors (Lipinski definition) is 3. The molecule has 0 saturated heterocycles. The predicted octanol–water partition coefficient (Wildman–Crippen LogP) is 3.88. The molecule has 1 aromatic carbocycles. The minimum atomic E-state index is 0.170. The number of nitrogens with one attached hydrogen (secondary N) is 1. The summed E-state index contributed by atoms with van der Waals surface area (Å²) < 4.78 is 11.2. The number of rotatable bonds is 5. The maximum atomic E-state index is 5.82. The standard InChI is InChI=1S/C17H23NO2/c1-17(2,3)14-5-7-15(8-6-14)20-12-13-9-10-19-16(13)11-18-4/h5-10,18H,11-12H2,1-4H3. The monoisotopic (exact) mass is 273 g/mol. The molecule has 2 aromatic rings. The first-order chi connectivity index (χ1) is 9.50. The molecule has 0 amide bonds. The molecular weight excluding hydrogens is 250 g/mol. The topological polar surface area (TPSA) is 34.4 Å². The summed E-state index contributed by atoms with van der Waals surface area (Å²) in [7, 11) is 1.90. The lowest BCUT2D eigenvalue weighted by atomic mass is 9.87. The molecule has 0 saturated carbocycles. The van der Waals surface area contributed by atoms with E-state index in [1.807, 2.05) is 25.2 Å². The van der Waals surface area contributed by atoms with Gasteiger partial charge in [0, 0.05) is 5.56 Å². The highest BCUT2D eigenvalue weighted by atomic mass is 16.5. The lowest BCUT2D eigenvalue weighted by molar-refractivity contribution is 0.301. The van der Waals surface area contributed by atoms with Crippen molar-refractivity contribution in [1.29, 1.82) is 0 Å². The number of hydrogen-bond donors (Lipinski definition) is 1. The summed E-state index contributed by atoms with van der Waals surface area (Å²) in [6.45, 7) is 7.87. The van der Waals surface area contributed by atoms with Crippen LogP contribution >= 0.6 is 0 Å². The Morgan fingerprint density at radius 2 is 1.80 bits per heavy atom. The Kier molecular flexibility index (Phi) is 4.50.